The van der Waals surface area contributed by atoms with Gasteiger partial charge in [0.25, 0.3) is 10.2 Å². The molecule has 0 atom stereocenters. The van der Waals surface area contributed by atoms with Crippen molar-refractivity contribution in [3.05, 3.63) is 23.0 Å². The molecule has 0 saturated heterocycles. The van der Waals surface area contributed by atoms with Crippen LogP contribution in [0.25, 0.3) is 0 Å². The second-order valence-corrected chi connectivity index (χ2v) is 6.94. The lowest BCUT2D eigenvalue weighted by Gasteiger charge is -2.15. The summed E-state index contributed by atoms with van der Waals surface area (Å²) in [4.78, 5) is 0. The van der Waals surface area contributed by atoms with Crippen LogP contribution in [-0.4, -0.2) is 31.4 Å². The molecule has 0 aliphatic carbocycles. The average Bonchev–Trinajstić information content (AvgIpc) is 2.50. The largest absolute Gasteiger partial charge is 0.346 e. The van der Waals surface area contributed by atoms with Crippen LogP contribution < -0.4 is 4.72 Å². The Morgan fingerprint density at radius 1 is 1.33 bits per heavy atom. The molecule has 0 aromatic carbocycles. The van der Waals surface area contributed by atoms with Crippen molar-refractivity contribution in [2.24, 2.45) is 0 Å². The molecule has 0 fully saturated rings. The third kappa shape index (κ3) is 3.13. The zero-order valence-electron chi connectivity index (χ0n) is 12.0. The van der Waals surface area contributed by atoms with Gasteiger partial charge in [-0.1, -0.05) is 0 Å². The molecule has 0 unspecified atom stereocenters. The van der Waals surface area contributed by atoms with Gasteiger partial charge in [-0.2, -0.15) is 17.4 Å². The number of aromatic nitrogens is 1. The van der Waals surface area contributed by atoms with Crippen molar-refractivity contribution < 1.29 is 8.42 Å². The lowest BCUT2D eigenvalue weighted by atomic mass is 10.2. The molecule has 0 aliphatic rings. The van der Waals surface area contributed by atoms with Crippen LogP contribution in [0, 0.1) is 13.8 Å². The second kappa shape index (κ2) is 5.42. The molecular weight excluding hydrogens is 250 g/mol. The summed E-state index contributed by atoms with van der Waals surface area (Å²) in [6, 6.07) is 2.41. The Bertz CT molecular complexity index is 516. The number of nitrogens with one attached hydrogen (secondary N) is 1. The van der Waals surface area contributed by atoms with Gasteiger partial charge in [0.1, 0.15) is 0 Å². The normalized spacial score (nSPS) is 12.7. The van der Waals surface area contributed by atoms with Crippen LogP contribution in [-0.2, 0) is 16.8 Å². The van der Waals surface area contributed by atoms with Crippen molar-refractivity contribution >= 4 is 10.2 Å². The predicted molar refractivity (Wildman–Crippen MR) is 73.7 cm³/mol. The molecule has 0 bridgehead atoms. The number of rotatable bonds is 5. The average molecular weight is 273 g/mol. The maximum atomic E-state index is 11.6. The molecular formula is C12H23N3O2S. The maximum Gasteiger partial charge on any atom is 0.279 e. The van der Waals surface area contributed by atoms with Gasteiger partial charge in [-0.3, -0.25) is 0 Å². The monoisotopic (exact) mass is 273 g/mol. The van der Waals surface area contributed by atoms with Gasteiger partial charge < -0.3 is 4.57 Å². The zero-order chi connectivity index (χ0) is 14.1. The molecule has 18 heavy (non-hydrogen) atoms. The number of hydrogen-bond acceptors (Lipinski definition) is 2. The van der Waals surface area contributed by atoms with Crippen molar-refractivity contribution in [3.8, 4) is 0 Å². The predicted octanol–water partition coefficient (Wildman–Crippen LogP) is 1.58. The van der Waals surface area contributed by atoms with E-state index in [0.29, 0.717) is 12.6 Å². The number of hydrogen-bond donors (Lipinski definition) is 1. The van der Waals surface area contributed by atoms with Crippen LogP contribution in [0.1, 0.15) is 36.8 Å². The molecule has 1 rings (SSSR count). The third-order valence-electron chi connectivity index (χ3n) is 3.03. The van der Waals surface area contributed by atoms with Gasteiger partial charge in [-0.25, -0.2) is 0 Å². The van der Waals surface area contributed by atoms with Crippen LogP contribution in [0.3, 0.4) is 0 Å². The van der Waals surface area contributed by atoms with Crippen molar-refractivity contribution in [1.82, 2.24) is 13.6 Å². The van der Waals surface area contributed by atoms with Crippen LogP contribution in [0.4, 0.5) is 0 Å². The summed E-state index contributed by atoms with van der Waals surface area (Å²) in [5.74, 6) is 0. The van der Waals surface area contributed by atoms with Crippen LogP contribution in [0.5, 0.6) is 0 Å². The van der Waals surface area contributed by atoms with Crippen LogP contribution in [0.15, 0.2) is 6.07 Å². The van der Waals surface area contributed by atoms with Gasteiger partial charge in [-0.05, 0) is 39.3 Å². The molecule has 5 nitrogen and oxygen atoms in total. The van der Waals surface area contributed by atoms with Crippen LogP contribution in [0.2, 0.25) is 0 Å². The van der Waals surface area contributed by atoms with Crippen molar-refractivity contribution in [2.75, 3.05) is 14.1 Å². The van der Waals surface area contributed by atoms with Crippen LogP contribution >= 0.6 is 0 Å². The summed E-state index contributed by atoms with van der Waals surface area (Å²) in [7, 11) is -0.336. The second-order valence-electron chi connectivity index (χ2n) is 4.97. The first kappa shape index (κ1) is 15.2. The van der Waals surface area contributed by atoms with Gasteiger partial charge in [-0.15, -0.1) is 0 Å². The minimum Gasteiger partial charge on any atom is -0.346 e. The van der Waals surface area contributed by atoms with Crippen molar-refractivity contribution in [3.63, 3.8) is 0 Å². The maximum absolute atomic E-state index is 11.6. The summed E-state index contributed by atoms with van der Waals surface area (Å²) < 4.78 is 29.3. The van der Waals surface area contributed by atoms with E-state index in [2.05, 4.69) is 23.1 Å². The highest BCUT2D eigenvalue weighted by molar-refractivity contribution is 7.87. The molecule has 0 spiro atoms. The quantitative estimate of drug-likeness (QED) is 0.885. The summed E-state index contributed by atoms with van der Waals surface area (Å²) in [5.41, 5.74) is 3.29. The Balaban J connectivity index is 2.91. The first-order valence-electron chi connectivity index (χ1n) is 6.01. The molecule has 0 amide bonds. The number of aryl methyl sites for hydroxylation is 1. The van der Waals surface area contributed by atoms with Gasteiger partial charge >= 0.3 is 0 Å². The first-order chi connectivity index (χ1) is 8.16. The highest BCUT2D eigenvalue weighted by Crippen LogP contribution is 2.20. The molecule has 0 aliphatic heterocycles. The first-order valence-corrected chi connectivity index (χ1v) is 7.45. The molecule has 1 aromatic heterocycles. The van der Waals surface area contributed by atoms with E-state index in [-0.39, 0.29) is 0 Å². The molecule has 6 heteroatoms. The van der Waals surface area contributed by atoms with E-state index >= 15 is 0 Å². The fourth-order valence-corrected chi connectivity index (χ4v) is 2.71. The fraction of sp³-hybridized carbons (Fsp3) is 0.667. The summed E-state index contributed by atoms with van der Waals surface area (Å²) in [6.45, 7) is 8.62. The van der Waals surface area contributed by atoms with Crippen molar-refractivity contribution in [2.45, 2.75) is 40.3 Å². The summed E-state index contributed by atoms with van der Waals surface area (Å²) >= 11 is 0. The van der Waals surface area contributed by atoms with E-state index in [1.807, 2.05) is 19.9 Å². The standard InChI is InChI=1S/C12H23N3O2S/c1-9(2)15-10(3)7-12(11(15)4)8-13-18(16,17)14(5)6/h7,9,13H,8H2,1-6H3. The Labute approximate surface area is 110 Å². The van der Waals surface area contributed by atoms with Gasteiger partial charge in [0, 0.05) is 38.1 Å². The molecule has 0 saturated carbocycles. The minimum atomic E-state index is -3.36. The van der Waals surface area contributed by atoms with Gasteiger partial charge in [0.15, 0.2) is 0 Å². The third-order valence-corrected chi connectivity index (χ3v) is 4.50. The van der Waals surface area contributed by atoms with E-state index in [0.717, 1.165) is 17.0 Å². The van der Waals surface area contributed by atoms with E-state index in [1.165, 1.54) is 18.4 Å². The van der Waals surface area contributed by atoms with Crippen molar-refractivity contribution in [1.29, 1.82) is 0 Å². The Hall–Kier alpha value is -0.850. The smallest absolute Gasteiger partial charge is 0.279 e. The topological polar surface area (TPSA) is 54.3 Å². The molecule has 1 N–H and O–H groups in total. The Morgan fingerprint density at radius 3 is 2.28 bits per heavy atom. The molecule has 1 aromatic rings. The SMILES string of the molecule is Cc1cc(CNS(=O)(=O)N(C)C)c(C)n1C(C)C. The molecule has 1 heterocycles. The zero-order valence-corrected chi connectivity index (χ0v) is 12.8. The van der Waals surface area contributed by atoms with E-state index < -0.39 is 10.2 Å². The lowest BCUT2D eigenvalue weighted by molar-refractivity contribution is 0.505. The summed E-state index contributed by atoms with van der Waals surface area (Å²) in [5, 5.41) is 0. The van der Waals surface area contributed by atoms with Gasteiger partial charge in [0.2, 0.25) is 0 Å². The van der Waals surface area contributed by atoms with E-state index in [1.54, 1.807) is 0 Å². The van der Waals surface area contributed by atoms with E-state index in [9.17, 15) is 8.42 Å². The Kier molecular flexibility index (Phi) is 4.58. The highest BCUT2D eigenvalue weighted by Gasteiger charge is 2.16. The lowest BCUT2D eigenvalue weighted by Crippen LogP contribution is -2.35. The fourth-order valence-electron chi connectivity index (χ4n) is 2.12. The van der Waals surface area contributed by atoms with Gasteiger partial charge in [0.05, 0.1) is 0 Å². The number of nitrogens with zero attached hydrogens (tertiary/aromatic N) is 2. The Morgan fingerprint density at radius 2 is 1.89 bits per heavy atom. The molecule has 0 radical (unpaired) electrons. The van der Waals surface area contributed by atoms with E-state index in [4.69, 9.17) is 0 Å². The molecule has 104 valence electrons. The highest BCUT2D eigenvalue weighted by atomic mass is 32.2. The minimum absolute atomic E-state index is 0.326. The summed E-state index contributed by atoms with van der Waals surface area (Å²) in [6.07, 6.45) is 0.